The number of esters is 1. The molecule has 0 N–H and O–H groups in total. The zero-order chi connectivity index (χ0) is 26.6. The average molecular weight is 529 g/mol. The van der Waals surface area contributed by atoms with Crippen LogP contribution in [0.1, 0.15) is 90.4 Å². The first kappa shape index (κ1) is 28.1. The lowest BCUT2D eigenvalue weighted by molar-refractivity contribution is -0.301. The summed E-state index contributed by atoms with van der Waals surface area (Å²) in [7, 11) is 0. The van der Waals surface area contributed by atoms with E-state index in [1.165, 1.54) is 24.8 Å². The van der Waals surface area contributed by atoms with Gasteiger partial charge in [0.2, 0.25) is 0 Å². The van der Waals surface area contributed by atoms with Gasteiger partial charge in [-0.25, -0.2) is 13.2 Å². The second-order valence-electron chi connectivity index (χ2n) is 11.0. The van der Waals surface area contributed by atoms with Crippen molar-refractivity contribution in [3.05, 3.63) is 41.2 Å². The van der Waals surface area contributed by atoms with Crippen molar-refractivity contribution in [2.75, 3.05) is 0 Å². The predicted molar refractivity (Wildman–Crippen MR) is 130 cm³/mol. The summed E-state index contributed by atoms with van der Waals surface area (Å²) in [4.78, 5) is 12.4. The lowest BCUT2D eigenvalue weighted by Crippen LogP contribution is -2.40. The summed E-state index contributed by atoms with van der Waals surface area (Å²) in [6.07, 6.45) is 7.92. The molecule has 8 heteroatoms. The van der Waals surface area contributed by atoms with Gasteiger partial charge >= 0.3 is 12.1 Å². The molecule has 0 bridgehead atoms. The molecule has 1 aromatic rings. The molecule has 0 saturated heterocycles. The minimum absolute atomic E-state index is 0.267. The number of benzene rings is 1. The fourth-order valence-electron chi connectivity index (χ4n) is 6.28. The minimum Gasteiger partial charge on any atom is -0.426 e. The van der Waals surface area contributed by atoms with Gasteiger partial charge in [0.15, 0.2) is 17.5 Å². The van der Waals surface area contributed by atoms with Crippen LogP contribution in [0.5, 0.6) is 5.75 Å². The van der Waals surface area contributed by atoms with Gasteiger partial charge in [-0.05, 0) is 82.5 Å². The zero-order valence-corrected chi connectivity index (χ0v) is 21.4. The molecule has 0 aliphatic heterocycles. The van der Waals surface area contributed by atoms with E-state index in [1.54, 1.807) is 0 Å². The van der Waals surface area contributed by atoms with E-state index >= 15 is 8.78 Å². The van der Waals surface area contributed by atoms with Crippen molar-refractivity contribution < 1.29 is 36.2 Å². The first-order valence-electron chi connectivity index (χ1n) is 13.8. The molecule has 3 aliphatic carbocycles. The summed E-state index contributed by atoms with van der Waals surface area (Å²) in [5.74, 6) is -5.89. The van der Waals surface area contributed by atoms with Crippen molar-refractivity contribution >= 4 is 5.97 Å². The highest BCUT2D eigenvalue weighted by molar-refractivity contribution is 5.75. The smallest absolute Gasteiger partial charge is 0.358 e. The molecule has 0 heterocycles. The van der Waals surface area contributed by atoms with Gasteiger partial charge < -0.3 is 9.47 Å². The van der Waals surface area contributed by atoms with E-state index in [1.807, 2.05) is 0 Å². The van der Waals surface area contributed by atoms with Gasteiger partial charge in [-0.1, -0.05) is 31.4 Å². The molecular weight excluding hydrogens is 491 g/mol. The quantitative estimate of drug-likeness (QED) is 0.112. The molecule has 0 spiro atoms. The molecular formula is C29H37F5O3. The van der Waals surface area contributed by atoms with Crippen molar-refractivity contribution in [2.24, 2.45) is 23.7 Å². The maximum Gasteiger partial charge on any atom is 0.358 e. The van der Waals surface area contributed by atoms with Crippen molar-refractivity contribution in [3.8, 4) is 5.75 Å². The summed E-state index contributed by atoms with van der Waals surface area (Å²) in [6, 6.07) is 1.21. The fourth-order valence-corrected chi connectivity index (χ4v) is 6.28. The number of allylic oxidation sites excluding steroid dienone is 2. The maximum absolute atomic E-state index is 15.0. The van der Waals surface area contributed by atoms with E-state index in [2.05, 4.69) is 13.0 Å². The van der Waals surface area contributed by atoms with Crippen LogP contribution in [0.2, 0.25) is 0 Å². The van der Waals surface area contributed by atoms with Crippen LogP contribution < -0.4 is 4.74 Å². The Morgan fingerprint density at radius 1 is 0.946 bits per heavy atom. The molecule has 2 fully saturated rings. The average Bonchev–Trinajstić information content (AvgIpc) is 2.88. The zero-order valence-electron chi connectivity index (χ0n) is 21.4. The predicted octanol–water partition coefficient (Wildman–Crippen LogP) is 8.51. The molecule has 3 nitrogen and oxygen atoms in total. The van der Waals surface area contributed by atoms with Crippen LogP contribution in [0.4, 0.5) is 22.0 Å². The van der Waals surface area contributed by atoms with Gasteiger partial charge in [-0.15, -0.1) is 0 Å². The number of ether oxygens (including phenoxy) is 2. The van der Waals surface area contributed by atoms with E-state index < -0.39 is 53.2 Å². The molecule has 1 atom stereocenters. The Hall–Kier alpha value is -1.96. The molecule has 1 aromatic carbocycles. The minimum atomic E-state index is -3.21. The van der Waals surface area contributed by atoms with Crippen molar-refractivity contribution in [1.82, 2.24) is 0 Å². The number of hydrogen-bond acceptors (Lipinski definition) is 3. The number of hydrogen-bond donors (Lipinski definition) is 0. The Labute approximate surface area is 215 Å². The maximum atomic E-state index is 15.0. The lowest BCUT2D eigenvalue weighted by atomic mass is 9.73. The van der Waals surface area contributed by atoms with Crippen LogP contribution in [0.3, 0.4) is 0 Å². The van der Waals surface area contributed by atoms with Crippen molar-refractivity contribution in [1.29, 1.82) is 0 Å². The van der Waals surface area contributed by atoms with E-state index in [0.717, 1.165) is 31.6 Å². The highest BCUT2D eigenvalue weighted by atomic mass is 19.3. The van der Waals surface area contributed by atoms with Gasteiger partial charge in [-0.3, -0.25) is 4.79 Å². The number of carbonyl (C=O) groups excluding carboxylic acids is 1. The van der Waals surface area contributed by atoms with Crippen LogP contribution in [0.15, 0.2) is 23.8 Å². The monoisotopic (exact) mass is 528 g/mol. The molecule has 37 heavy (non-hydrogen) atoms. The second-order valence-corrected chi connectivity index (χ2v) is 11.0. The third-order valence-corrected chi connectivity index (χ3v) is 8.49. The highest BCUT2D eigenvalue weighted by Crippen LogP contribution is 2.45. The molecule has 0 radical (unpaired) electrons. The van der Waals surface area contributed by atoms with E-state index in [0.29, 0.717) is 30.9 Å². The van der Waals surface area contributed by atoms with Gasteiger partial charge in [0, 0.05) is 12.1 Å². The Bertz CT molecular complexity index is 939. The standard InChI is InChI=1S/C29H37F5O3/c1-2-3-18-4-6-19(7-5-18)20-8-12-22(13-9-20)29(33,34)37-23-14-10-21(11-15-23)28(35)36-24-16-25(30)27(32)26(31)17-24/h6,16-18,20-23H,2-5,7-15H2,1H3. The number of alkyl halides is 2. The molecule has 0 aromatic heterocycles. The van der Waals surface area contributed by atoms with Crippen molar-refractivity contribution in [3.63, 3.8) is 0 Å². The van der Waals surface area contributed by atoms with Gasteiger partial charge in [0.25, 0.3) is 0 Å². The molecule has 206 valence electrons. The van der Waals surface area contributed by atoms with Gasteiger partial charge in [0.05, 0.1) is 17.9 Å². The topological polar surface area (TPSA) is 35.5 Å². The Kier molecular flexibility index (Phi) is 9.30. The summed E-state index contributed by atoms with van der Waals surface area (Å²) in [5.41, 5.74) is 1.46. The SMILES string of the molecule is CCCC1CC=C(C2CCC(C(F)(F)OC3CCC(C(=O)Oc4cc(F)c(F)c(F)c4)CC3)CC2)CC1. The van der Waals surface area contributed by atoms with Crippen LogP contribution in [0, 0.1) is 41.1 Å². The molecule has 0 amide bonds. The van der Waals surface area contributed by atoms with Crippen LogP contribution in [-0.4, -0.2) is 18.2 Å². The highest BCUT2D eigenvalue weighted by Gasteiger charge is 2.45. The van der Waals surface area contributed by atoms with E-state index in [9.17, 15) is 18.0 Å². The molecule has 1 unspecified atom stereocenters. The summed E-state index contributed by atoms with van der Waals surface area (Å²) >= 11 is 0. The Morgan fingerprint density at radius 2 is 1.59 bits per heavy atom. The largest absolute Gasteiger partial charge is 0.426 e. The summed E-state index contributed by atoms with van der Waals surface area (Å²) < 4.78 is 80.1. The molecule has 4 rings (SSSR count). The van der Waals surface area contributed by atoms with E-state index in [4.69, 9.17) is 9.47 Å². The van der Waals surface area contributed by atoms with Crippen LogP contribution in [-0.2, 0) is 9.53 Å². The first-order chi connectivity index (χ1) is 17.7. The number of rotatable bonds is 8. The first-order valence-corrected chi connectivity index (χ1v) is 13.8. The normalized spacial score (nSPS) is 29.0. The van der Waals surface area contributed by atoms with Crippen molar-refractivity contribution in [2.45, 2.75) is 103 Å². The van der Waals surface area contributed by atoms with Crippen LogP contribution in [0.25, 0.3) is 0 Å². The molecule has 3 aliphatic rings. The Morgan fingerprint density at radius 3 is 2.16 bits per heavy atom. The fraction of sp³-hybridized carbons (Fsp3) is 0.690. The second kappa shape index (κ2) is 12.3. The van der Waals surface area contributed by atoms with Gasteiger partial charge in [0.1, 0.15) is 5.75 Å². The third kappa shape index (κ3) is 7.12. The summed E-state index contributed by atoms with van der Waals surface area (Å²) in [5, 5.41) is 0. The number of carbonyl (C=O) groups is 1. The lowest BCUT2D eigenvalue weighted by Gasteiger charge is -2.38. The van der Waals surface area contributed by atoms with Crippen LogP contribution >= 0.6 is 0 Å². The summed E-state index contributed by atoms with van der Waals surface area (Å²) in [6.45, 7) is 2.21. The van der Waals surface area contributed by atoms with Gasteiger partial charge in [-0.2, -0.15) is 8.78 Å². The number of halogens is 5. The molecule has 2 saturated carbocycles. The van der Waals surface area contributed by atoms with E-state index in [-0.39, 0.29) is 25.7 Å². The third-order valence-electron chi connectivity index (χ3n) is 8.49. The Balaban J connectivity index is 1.21.